The lowest BCUT2D eigenvalue weighted by Gasteiger charge is -2.17. The Bertz CT molecular complexity index is 910. The molecule has 7 heteroatoms. The molecule has 2 amide bonds. The average Bonchev–Trinajstić information content (AvgIpc) is 2.62. The second-order valence-electron chi connectivity index (χ2n) is 6.70. The molecule has 0 aliphatic heterocycles. The molecule has 2 rings (SSSR count). The number of carbonyl (C=O) groups excluding carboxylic acids is 2. The third kappa shape index (κ3) is 5.51. The number of nitro benzene ring substituents is 1. The van der Waals surface area contributed by atoms with Crippen LogP contribution in [0, 0.1) is 30.9 Å². The number of nitrogens with zero attached hydrogens (tertiary/aromatic N) is 2. The molecule has 0 saturated heterocycles. The fourth-order valence-electron chi connectivity index (χ4n) is 2.85. The maximum absolute atomic E-state index is 12.3. The van der Waals surface area contributed by atoms with Gasteiger partial charge in [0.05, 0.1) is 11.5 Å². The molecule has 146 valence electrons. The molecule has 0 aliphatic carbocycles. The summed E-state index contributed by atoms with van der Waals surface area (Å²) in [5, 5.41) is 13.5. The average molecular weight is 381 g/mol. The van der Waals surface area contributed by atoms with E-state index in [0.717, 1.165) is 22.4 Å². The zero-order valence-electron chi connectivity index (χ0n) is 16.4. The smallest absolute Gasteiger partial charge is 0.269 e. The van der Waals surface area contributed by atoms with E-state index in [1.54, 1.807) is 18.2 Å². The van der Waals surface area contributed by atoms with Gasteiger partial charge in [0.1, 0.15) is 0 Å². The molecule has 28 heavy (non-hydrogen) atoms. The molecule has 0 fully saturated rings. The Morgan fingerprint density at radius 2 is 1.68 bits per heavy atom. The van der Waals surface area contributed by atoms with Crippen LogP contribution < -0.4 is 5.32 Å². The highest BCUT2D eigenvalue weighted by molar-refractivity contribution is 5.98. The van der Waals surface area contributed by atoms with Crippen molar-refractivity contribution in [1.82, 2.24) is 4.90 Å². The van der Waals surface area contributed by atoms with Crippen molar-refractivity contribution >= 4 is 29.3 Å². The van der Waals surface area contributed by atoms with Crippen LogP contribution in [0.5, 0.6) is 0 Å². The van der Waals surface area contributed by atoms with E-state index in [1.807, 2.05) is 32.9 Å². The van der Waals surface area contributed by atoms with Gasteiger partial charge in [-0.15, -0.1) is 0 Å². The molecule has 0 aliphatic rings. The van der Waals surface area contributed by atoms with E-state index in [0.29, 0.717) is 5.56 Å². The minimum absolute atomic E-state index is 0.0149. The third-order valence-corrected chi connectivity index (χ3v) is 4.22. The van der Waals surface area contributed by atoms with E-state index in [1.165, 1.54) is 30.2 Å². The number of benzene rings is 2. The molecule has 7 nitrogen and oxygen atoms in total. The van der Waals surface area contributed by atoms with Gasteiger partial charge in [0.2, 0.25) is 11.8 Å². The molecule has 0 spiro atoms. The van der Waals surface area contributed by atoms with Crippen molar-refractivity contribution < 1.29 is 14.5 Å². The van der Waals surface area contributed by atoms with Gasteiger partial charge in [-0.3, -0.25) is 19.7 Å². The molecule has 0 saturated carbocycles. The molecule has 0 unspecified atom stereocenters. The zero-order valence-corrected chi connectivity index (χ0v) is 16.4. The van der Waals surface area contributed by atoms with Crippen LogP contribution in [0.25, 0.3) is 6.08 Å². The summed E-state index contributed by atoms with van der Waals surface area (Å²) < 4.78 is 0. The summed E-state index contributed by atoms with van der Waals surface area (Å²) >= 11 is 0. The van der Waals surface area contributed by atoms with E-state index >= 15 is 0 Å². The lowest BCUT2D eigenvalue weighted by molar-refractivity contribution is -0.384. The number of nitro groups is 1. The Balaban J connectivity index is 1.96. The van der Waals surface area contributed by atoms with Gasteiger partial charge in [0, 0.05) is 30.9 Å². The van der Waals surface area contributed by atoms with Crippen molar-refractivity contribution in [3.8, 4) is 0 Å². The second-order valence-corrected chi connectivity index (χ2v) is 6.70. The normalized spacial score (nSPS) is 10.7. The molecular weight excluding hydrogens is 358 g/mol. The Kier molecular flexibility index (Phi) is 6.65. The van der Waals surface area contributed by atoms with Crippen LogP contribution in [0.3, 0.4) is 0 Å². The van der Waals surface area contributed by atoms with Crippen LogP contribution in [-0.4, -0.2) is 35.2 Å². The summed E-state index contributed by atoms with van der Waals surface area (Å²) in [4.78, 5) is 36.0. The number of rotatable bonds is 6. The predicted molar refractivity (Wildman–Crippen MR) is 109 cm³/mol. The van der Waals surface area contributed by atoms with Gasteiger partial charge in [-0.1, -0.05) is 17.7 Å². The van der Waals surface area contributed by atoms with Crippen LogP contribution in [0.2, 0.25) is 0 Å². The number of nitrogens with one attached hydrogen (secondary N) is 1. The molecule has 0 bridgehead atoms. The molecule has 0 radical (unpaired) electrons. The molecular formula is C21H23N3O4. The Labute approximate surface area is 163 Å². The standard InChI is InChI=1S/C21H23N3O4/c1-14-11-15(2)21(16(3)12-14)22-19(25)13-23(4)20(26)10-7-17-5-8-18(9-6-17)24(27)28/h5-12H,13H2,1-4H3,(H,22,25)/b10-7+. The lowest BCUT2D eigenvalue weighted by atomic mass is 10.1. The number of hydrogen-bond acceptors (Lipinski definition) is 4. The SMILES string of the molecule is Cc1cc(C)c(NC(=O)CN(C)C(=O)/C=C/c2ccc([N+](=O)[O-])cc2)c(C)c1. The van der Waals surface area contributed by atoms with Crippen LogP contribution in [0.15, 0.2) is 42.5 Å². The number of carbonyl (C=O) groups is 2. The monoisotopic (exact) mass is 381 g/mol. The number of amides is 2. The summed E-state index contributed by atoms with van der Waals surface area (Å²) in [5.41, 5.74) is 4.46. The summed E-state index contributed by atoms with van der Waals surface area (Å²) in [6.07, 6.45) is 2.88. The lowest BCUT2D eigenvalue weighted by Crippen LogP contribution is -2.34. The van der Waals surface area contributed by atoms with Gasteiger partial charge in [-0.2, -0.15) is 0 Å². The Morgan fingerprint density at radius 1 is 1.11 bits per heavy atom. The number of likely N-dealkylation sites (N-methyl/N-ethyl adjacent to an activating group) is 1. The maximum atomic E-state index is 12.3. The van der Waals surface area contributed by atoms with Gasteiger partial charge in [-0.05, 0) is 55.7 Å². The molecule has 2 aromatic rings. The topological polar surface area (TPSA) is 92.6 Å². The first-order valence-electron chi connectivity index (χ1n) is 8.72. The minimum Gasteiger partial charge on any atom is -0.333 e. The van der Waals surface area contributed by atoms with E-state index < -0.39 is 4.92 Å². The van der Waals surface area contributed by atoms with Gasteiger partial charge >= 0.3 is 0 Å². The van der Waals surface area contributed by atoms with Crippen molar-refractivity contribution in [1.29, 1.82) is 0 Å². The number of aryl methyl sites for hydroxylation is 3. The van der Waals surface area contributed by atoms with Gasteiger partial charge in [-0.25, -0.2) is 0 Å². The van der Waals surface area contributed by atoms with Gasteiger partial charge in [0.15, 0.2) is 0 Å². The quantitative estimate of drug-likeness (QED) is 0.470. The van der Waals surface area contributed by atoms with Gasteiger partial charge < -0.3 is 10.2 Å². The van der Waals surface area contributed by atoms with Crippen LogP contribution >= 0.6 is 0 Å². The van der Waals surface area contributed by atoms with Crippen LogP contribution in [0.4, 0.5) is 11.4 Å². The fourth-order valence-corrected chi connectivity index (χ4v) is 2.85. The van der Waals surface area contributed by atoms with E-state index in [4.69, 9.17) is 0 Å². The number of hydrogen-bond donors (Lipinski definition) is 1. The highest BCUT2D eigenvalue weighted by atomic mass is 16.6. The summed E-state index contributed by atoms with van der Waals surface area (Å²) in [6, 6.07) is 9.82. The van der Waals surface area contributed by atoms with Crippen LogP contribution in [-0.2, 0) is 9.59 Å². The second kappa shape index (κ2) is 8.94. The predicted octanol–water partition coefficient (Wildman–Crippen LogP) is 3.63. The first-order valence-corrected chi connectivity index (χ1v) is 8.72. The van der Waals surface area contributed by atoms with Crippen LogP contribution in [0.1, 0.15) is 22.3 Å². The maximum Gasteiger partial charge on any atom is 0.269 e. The number of anilines is 1. The Morgan fingerprint density at radius 3 is 2.21 bits per heavy atom. The largest absolute Gasteiger partial charge is 0.333 e. The minimum atomic E-state index is -0.484. The fraction of sp³-hybridized carbons (Fsp3) is 0.238. The van der Waals surface area contributed by atoms with Crippen molar-refractivity contribution in [2.75, 3.05) is 18.9 Å². The zero-order chi connectivity index (χ0) is 20.8. The van der Waals surface area contributed by atoms with E-state index in [2.05, 4.69) is 5.32 Å². The Hall–Kier alpha value is -3.48. The van der Waals surface area contributed by atoms with Crippen molar-refractivity contribution in [3.63, 3.8) is 0 Å². The van der Waals surface area contributed by atoms with Crippen molar-refractivity contribution in [3.05, 3.63) is 74.8 Å². The van der Waals surface area contributed by atoms with E-state index in [9.17, 15) is 19.7 Å². The first-order chi connectivity index (χ1) is 13.2. The molecule has 1 N–H and O–H groups in total. The van der Waals surface area contributed by atoms with Crippen molar-refractivity contribution in [2.45, 2.75) is 20.8 Å². The highest BCUT2D eigenvalue weighted by Crippen LogP contribution is 2.21. The first kappa shape index (κ1) is 20.8. The van der Waals surface area contributed by atoms with Gasteiger partial charge in [0.25, 0.3) is 5.69 Å². The summed E-state index contributed by atoms with van der Waals surface area (Å²) in [6.45, 7) is 5.76. The third-order valence-electron chi connectivity index (χ3n) is 4.22. The summed E-state index contributed by atoms with van der Waals surface area (Å²) in [5.74, 6) is -0.625. The molecule has 0 atom stereocenters. The molecule has 2 aromatic carbocycles. The number of non-ortho nitro benzene ring substituents is 1. The molecule has 0 heterocycles. The highest BCUT2D eigenvalue weighted by Gasteiger charge is 2.13. The van der Waals surface area contributed by atoms with Crippen molar-refractivity contribution in [2.24, 2.45) is 0 Å². The molecule has 0 aromatic heterocycles. The van der Waals surface area contributed by atoms with E-state index in [-0.39, 0.29) is 24.0 Å². The summed E-state index contributed by atoms with van der Waals surface area (Å²) in [7, 11) is 1.54.